The van der Waals surface area contributed by atoms with Gasteiger partial charge >= 0.3 is 0 Å². The Morgan fingerprint density at radius 2 is 1.94 bits per heavy atom. The Kier molecular flexibility index (Phi) is 5.00. The molecule has 0 spiro atoms. The van der Waals surface area contributed by atoms with Crippen molar-refractivity contribution in [2.45, 2.75) is 19.4 Å². The number of nitrogens with zero attached hydrogens (tertiary/aromatic N) is 1. The highest BCUT2D eigenvalue weighted by Crippen LogP contribution is 2.16. The van der Waals surface area contributed by atoms with E-state index >= 15 is 0 Å². The number of likely N-dealkylation sites (N-methyl/N-ethyl adjacent to an activating group) is 1. The first-order valence-corrected chi connectivity index (χ1v) is 6.60. The average molecular weight is 300 g/mol. The van der Waals surface area contributed by atoms with Crippen molar-refractivity contribution in [1.29, 1.82) is 0 Å². The van der Waals surface area contributed by atoms with E-state index < -0.39 is 0 Å². The zero-order valence-corrected chi connectivity index (χ0v) is 12.0. The van der Waals surface area contributed by atoms with Gasteiger partial charge in [-0.15, -0.1) is 0 Å². The molecule has 0 bridgehead atoms. The molecule has 0 atom stereocenters. The molecule has 94 valence electrons. The van der Waals surface area contributed by atoms with Crippen molar-refractivity contribution in [2.24, 2.45) is 0 Å². The molecule has 0 radical (unpaired) electrons. The maximum absolute atomic E-state index is 11.9. The minimum Gasteiger partial charge on any atom is -0.484 e. The normalized spacial score (nSPS) is 11.1. The topological polar surface area (TPSA) is 29.5 Å². The van der Waals surface area contributed by atoms with E-state index in [9.17, 15) is 4.79 Å². The fourth-order valence-electron chi connectivity index (χ4n) is 1.19. The smallest absolute Gasteiger partial charge is 0.260 e. The molecule has 0 N–H and O–H groups in total. The molecule has 0 heterocycles. The van der Waals surface area contributed by atoms with Crippen molar-refractivity contribution in [2.75, 3.05) is 19.0 Å². The first kappa shape index (κ1) is 14.0. The van der Waals surface area contributed by atoms with Gasteiger partial charge in [0.05, 0.1) is 0 Å². The van der Waals surface area contributed by atoms with Crippen LogP contribution in [0.1, 0.15) is 13.8 Å². The van der Waals surface area contributed by atoms with Gasteiger partial charge in [-0.05, 0) is 26.0 Å². The van der Waals surface area contributed by atoms with Crippen LogP contribution in [0.3, 0.4) is 0 Å². The third kappa shape index (κ3) is 4.04. The predicted molar refractivity (Wildman–Crippen MR) is 72.6 cm³/mol. The summed E-state index contributed by atoms with van der Waals surface area (Å²) in [5, 5.41) is 0.730. The van der Waals surface area contributed by atoms with E-state index in [2.05, 4.69) is 15.9 Å². The molecule has 1 aromatic carbocycles. The number of carbonyl (C=O) groups is 1. The second-order valence-corrected chi connectivity index (χ2v) is 5.06. The lowest BCUT2D eigenvalue weighted by atomic mass is 10.1. The Morgan fingerprint density at radius 1 is 1.35 bits per heavy atom. The molecule has 0 saturated heterocycles. The highest BCUT2D eigenvalue weighted by molar-refractivity contribution is 9.09. The SMILES string of the molecule is CN(C(=O)COc1ccccc1)C(C)(C)CBr. The summed E-state index contributed by atoms with van der Waals surface area (Å²) >= 11 is 3.40. The van der Waals surface area contributed by atoms with Crippen LogP contribution in [0.25, 0.3) is 0 Å². The number of para-hydroxylation sites is 1. The number of hydrogen-bond acceptors (Lipinski definition) is 2. The van der Waals surface area contributed by atoms with E-state index in [1.54, 1.807) is 11.9 Å². The van der Waals surface area contributed by atoms with Crippen molar-refractivity contribution < 1.29 is 9.53 Å². The molecule has 0 aliphatic rings. The van der Waals surface area contributed by atoms with E-state index in [-0.39, 0.29) is 18.1 Å². The lowest BCUT2D eigenvalue weighted by molar-refractivity contribution is -0.136. The van der Waals surface area contributed by atoms with E-state index in [4.69, 9.17) is 4.74 Å². The van der Waals surface area contributed by atoms with Crippen molar-refractivity contribution in [3.05, 3.63) is 30.3 Å². The van der Waals surface area contributed by atoms with Crippen molar-refractivity contribution in [3.8, 4) is 5.75 Å². The Balaban J connectivity index is 2.51. The number of rotatable bonds is 5. The van der Waals surface area contributed by atoms with E-state index in [1.807, 2.05) is 44.2 Å². The van der Waals surface area contributed by atoms with Gasteiger partial charge in [-0.3, -0.25) is 4.79 Å². The van der Waals surface area contributed by atoms with Crippen LogP contribution in [0.2, 0.25) is 0 Å². The maximum atomic E-state index is 11.9. The standard InChI is InChI=1S/C13H18BrNO2/c1-13(2,10-14)15(3)12(16)9-17-11-7-5-4-6-8-11/h4-8H,9-10H2,1-3H3. The number of hydrogen-bond donors (Lipinski definition) is 0. The van der Waals surface area contributed by atoms with E-state index in [0.29, 0.717) is 5.75 Å². The Bertz CT molecular complexity index is 365. The molecule has 1 amide bonds. The Labute approximate surface area is 111 Å². The molecule has 0 unspecified atom stereocenters. The summed E-state index contributed by atoms with van der Waals surface area (Å²) in [6.07, 6.45) is 0. The highest BCUT2D eigenvalue weighted by Gasteiger charge is 2.26. The first-order chi connectivity index (χ1) is 7.97. The van der Waals surface area contributed by atoms with Crippen LogP contribution in [0, 0.1) is 0 Å². The van der Waals surface area contributed by atoms with Gasteiger partial charge in [0, 0.05) is 17.9 Å². The van der Waals surface area contributed by atoms with Crippen LogP contribution in [0.5, 0.6) is 5.75 Å². The first-order valence-electron chi connectivity index (χ1n) is 5.48. The van der Waals surface area contributed by atoms with Gasteiger partial charge in [0.1, 0.15) is 5.75 Å². The van der Waals surface area contributed by atoms with Crippen LogP contribution < -0.4 is 4.74 Å². The minimum absolute atomic E-state index is 0.0293. The molecular weight excluding hydrogens is 282 g/mol. The highest BCUT2D eigenvalue weighted by atomic mass is 79.9. The molecule has 3 nitrogen and oxygen atoms in total. The van der Waals surface area contributed by atoms with Gasteiger partial charge in [-0.1, -0.05) is 34.1 Å². The zero-order valence-electron chi connectivity index (χ0n) is 10.4. The van der Waals surface area contributed by atoms with Crippen molar-refractivity contribution >= 4 is 21.8 Å². The average Bonchev–Trinajstić information content (AvgIpc) is 2.36. The summed E-state index contributed by atoms with van der Waals surface area (Å²) in [7, 11) is 1.79. The van der Waals surface area contributed by atoms with Crippen molar-refractivity contribution in [1.82, 2.24) is 4.90 Å². The van der Waals surface area contributed by atoms with Crippen LogP contribution in [0.15, 0.2) is 30.3 Å². The molecule has 0 aliphatic carbocycles. The van der Waals surface area contributed by atoms with Gasteiger partial charge in [0.25, 0.3) is 5.91 Å². The lowest BCUT2D eigenvalue weighted by Gasteiger charge is -2.34. The second kappa shape index (κ2) is 6.05. The molecule has 4 heteroatoms. The number of alkyl halides is 1. The number of amides is 1. The quantitative estimate of drug-likeness (QED) is 0.783. The second-order valence-electron chi connectivity index (χ2n) is 4.50. The Morgan fingerprint density at radius 3 is 2.47 bits per heavy atom. The third-order valence-corrected chi connectivity index (χ3v) is 4.09. The van der Waals surface area contributed by atoms with Crippen LogP contribution in [0.4, 0.5) is 0 Å². The monoisotopic (exact) mass is 299 g/mol. The molecule has 0 fully saturated rings. The largest absolute Gasteiger partial charge is 0.484 e. The summed E-state index contributed by atoms with van der Waals surface area (Å²) in [6, 6.07) is 9.35. The predicted octanol–water partition coefficient (Wildman–Crippen LogP) is 2.70. The fraction of sp³-hybridized carbons (Fsp3) is 0.462. The van der Waals surface area contributed by atoms with Crippen LogP contribution in [-0.4, -0.2) is 35.3 Å². The molecule has 0 saturated carbocycles. The Hall–Kier alpha value is -1.03. The molecule has 1 aromatic rings. The summed E-state index contributed by atoms with van der Waals surface area (Å²) in [4.78, 5) is 13.6. The van der Waals surface area contributed by atoms with Gasteiger partial charge in [-0.2, -0.15) is 0 Å². The zero-order chi connectivity index (χ0) is 12.9. The van der Waals surface area contributed by atoms with Gasteiger partial charge in [0.2, 0.25) is 0 Å². The molecule has 0 aromatic heterocycles. The number of benzene rings is 1. The molecule has 0 aliphatic heterocycles. The third-order valence-electron chi connectivity index (χ3n) is 2.71. The van der Waals surface area contributed by atoms with E-state index in [0.717, 1.165) is 5.33 Å². The van der Waals surface area contributed by atoms with Gasteiger partial charge < -0.3 is 9.64 Å². The molecular formula is C13H18BrNO2. The molecule has 1 rings (SSSR count). The lowest BCUT2D eigenvalue weighted by Crippen LogP contribution is -2.48. The minimum atomic E-state index is -0.211. The summed E-state index contributed by atoms with van der Waals surface area (Å²) in [5.74, 6) is 0.684. The maximum Gasteiger partial charge on any atom is 0.260 e. The number of ether oxygens (including phenoxy) is 1. The summed E-state index contributed by atoms with van der Waals surface area (Å²) in [6.45, 7) is 4.07. The van der Waals surface area contributed by atoms with E-state index in [1.165, 1.54) is 0 Å². The van der Waals surface area contributed by atoms with Gasteiger partial charge in [-0.25, -0.2) is 0 Å². The summed E-state index contributed by atoms with van der Waals surface area (Å²) < 4.78 is 5.42. The van der Waals surface area contributed by atoms with Gasteiger partial charge in [0.15, 0.2) is 6.61 Å². The summed E-state index contributed by atoms with van der Waals surface area (Å²) in [5.41, 5.74) is -0.211. The fourth-order valence-corrected chi connectivity index (χ4v) is 1.56. The van der Waals surface area contributed by atoms with Crippen molar-refractivity contribution in [3.63, 3.8) is 0 Å². The molecule has 17 heavy (non-hydrogen) atoms. The van der Waals surface area contributed by atoms with Crippen LogP contribution in [-0.2, 0) is 4.79 Å². The van der Waals surface area contributed by atoms with Crippen LogP contribution >= 0.6 is 15.9 Å². The number of halogens is 1. The number of carbonyl (C=O) groups excluding carboxylic acids is 1.